The van der Waals surface area contributed by atoms with Crippen molar-refractivity contribution in [3.8, 4) is 0 Å². The minimum Gasteiger partial charge on any atom is -0.369 e. The Hall–Kier alpha value is -2.54. The number of halogens is 3. The lowest BCUT2D eigenvalue weighted by Crippen LogP contribution is -2.51. The lowest BCUT2D eigenvalue weighted by atomic mass is 10.0. The van der Waals surface area contributed by atoms with Crippen LogP contribution < -0.4 is 4.90 Å². The van der Waals surface area contributed by atoms with E-state index in [1.165, 1.54) is 12.1 Å². The van der Waals surface area contributed by atoms with Crippen molar-refractivity contribution < 1.29 is 18.0 Å². The van der Waals surface area contributed by atoms with E-state index in [9.17, 15) is 18.0 Å². The standard InChI is InChI=1S/C21H24F3N3O/c1-25(2)20(28)19(16-7-4-3-5-8-16)27-13-11-26(12-14-27)18-10-6-9-17(15-18)21(22,23)24/h3-10,15,19H,11-14H2,1-2H3. The van der Waals surface area contributed by atoms with Crippen LogP contribution in [0.15, 0.2) is 54.6 Å². The highest BCUT2D eigenvalue weighted by Crippen LogP contribution is 2.32. The first kappa shape index (κ1) is 20.2. The fraction of sp³-hybridized carbons (Fsp3) is 0.381. The molecule has 3 rings (SSSR count). The van der Waals surface area contributed by atoms with Crippen molar-refractivity contribution in [3.05, 3.63) is 65.7 Å². The Morgan fingerprint density at radius 1 is 0.964 bits per heavy atom. The number of nitrogens with zero attached hydrogens (tertiary/aromatic N) is 3. The van der Waals surface area contributed by atoms with Crippen LogP contribution in [0.2, 0.25) is 0 Å². The van der Waals surface area contributed by atoms with Gasteiger partial charge < -0.3 is 9.80 Å². The Balaban J connectivity index is 1.75. The van der Waals surface area contributed by atoms with Gasteiger partial charge in [0.15, 0.2) is 0 Å². The Morgan fingerprint density at radius 2 is 1.61 bits per heavy atom. The molecule has 4 nitrogen and oxygen atoms in total. The largest absolute Gasteiger partial charge is 0.416 e. The summed E-state index contributed by atoms with van der Waals surface area (Å²) in [5.74, 6) is -0.00119. The molecule has 7 heteroatoms. The first-order chi connectivity index (χ1) is 13.3. The second-order valence-electron chi connectivity index (χ2n) is 7.12. The zero-order valence-electron chi connectivity index (χ0n) is 16.0. The van der Waals surface area contributed by atoms with Gasteiger partial charge in [0.2, 0.25) is 5.91 Å². The zero-order chi connectivity index (χ0) is 20.3. The smallest absolute Gasteiger partial charge is 0.369 e. The number of likely N-dealkylation sites (N-methyl/N-ethyl adjacent to an activating group) is 1. The van der Waals surface area contributed by atoms with Crippen LogP contribution in [0.5, 0.6) is 0 Å². The fourth-order valence-electron chi connectivity index (χ4n) is 3.51. The molecule has 0 spiro atoms. The molecule has 1 aliphatic rings. The molecular formula is C21H24F3N3O. The quantitative estimate of drug-likeness (QED) is 0.796. The van der Waals surface area contributed by atoms with Crippen LogP contribution in [-0.2, 0) is 11.0 Å². The molecule has 0 N–H and O–H groups in total. The maximum atomic E-state index is 13.0. The summed E-state index contributed by atoms with van der Waals surface area (Å²) in [6, 6.07) is 14.6. The SMILES string of the molecule is CN(C)C(=O)C(c1ccccc1)N1CCN(c2cccc(C(F)(F)F)c2)CC1. The van der Waals surface area contributed by atoms with Crippen molar-refractivity contribution in [1.29, 1.82) is 0 Å². The average molecular weight is 391 g/mol. The second-order valence-corrected chi connectivity index (χ2v) is 7.12. The van der Waals surface area contributed by atoms with Gasteiger partial charge in [-0.15, -0.1) is 0 Å². The highest BCUT2D eigenvalue weighted by molar-refractivity contribution is 5.83. The van der Waals surface area contributed by atoms with Crippen LogP contribution in [0.4, 0.5) is 18.9 Å². The number of alkyl halides is 3. The van der Waals surface area contributed by atoms with Crippen molar-refractivity contribution in [3.63, 3.8) is 0 Å². The number of amides is 1. The van der Waals surface area contributed by atoms with E-state index < -0.39 is 11.7 Å². The lowest BCUT2D eigenvalue weighted by Gasteiger charge is -2.40. The van der Waals surface area contributed by atoms with E-state index in [4.69, 9.17) is 0 Å². The number of carbonyl (C=O) groups excluding carboxylic acids is 1. The van der Waals surface area contributed by atoms with Crippen LogP contribution >= 0.6 is 0 Å². The predicted molar refractivity (Wildman–Crippen MR) is 103 cm³/mol. The van der Waals surface area contributed by atoms with Crippen LogP contribution in [-0.4, -0.2) is 56.0 Å². The molecule has 0 aromatic heterocycles. The first-order valence-electron chi connectivity index (χ1n) is 9.20. The van der Waals surface area contributed by atoms with E-state index in [0.717, 1.165) is 11.6 Å². The second kappa shape index (κ2) is 8.22. The monoisotopic (exact) mass is 391 g/mol. The average Bonchev–Trinajstić information content (AvgIpc) is 2.69. The highest BCUT2D eigenvalue weighted by Gasteiger charge is 2.33. The number of hydrogen-bond donors (Lipinski definition) is 0. The summed E-state index contributed by atoms with van der Waals surface area (Å²) >= 11 is 0. The van der Waals surface area contributed by atoms with E-state index in [1.54, 1.807) is 25.1 Å². The number of carbonyl (C=O) groups is 1. The summed E-state index contributed by atoms with van der Waals surface area (Å²) < 4.78 is 39.0. The van der Waals surface area contributed by atoms with Crippen molar-refractivity contribution in [2.45, 2.75) is 12.2 Å². The summed E-state index contributed by atoms with van der Waals surface area (Å²) in [5, 5.41) is 0. The summed E-state index contributed by atoms with van der Waals surface area (Å²) in [7, 11) is 3.47. The maximum absolute atomic E-state index is 13.0. The highest BCUT2D eigenvalue weighted by atomic mass is 19.4. The van der Waals surface area contributed by atoms with Gasteiger partial charge in [-0.1, -0.05) is 36.4 Å². The molecule has 0 aliphatic carbocycles. The summed E-state index contributed by atoms with van der Waals surface area (Å²) in [6.07, 6.45) is -4.35. The van der Waals surface area contributed by atoms with Gasteiger partial charge in [-0.2, -0.15) is 13.2 Å². The van der Waals surface area contributed by atoms with Crippen molar-refractivity contribution in [1.82, 2.24) is 9.80 Å². The molecule has 1 amide bonds. The molecule has 1 aliphatic heterocycles. The minimum absolute atomic E-state index is 0.00119. The van der Waals surface area contributed by atoms with Gasteiger partial charge >= 0.3 is 6.18 Å². The number of piperazine rings is 1. The molecule has 2 aromatic carbocycles. The Bertz CT molecular complexity index is 800. The molecule has 1 atom stereocenters. The maximum Gasteiger partial charge on any atom is 0.416 e. The molecule has 1 heterocycles. The van der Waals surface area contributed by atoms with E-state index >= 15 is 0 Å². The van der Waals surface area contributed by atoms with Crippen LogP contribution in [0.3, 0.4) is 0 Å². The van der Waals surface area contributed by atoms with Gasteiger partial charge in [0.05, 0.1) is 5.56 Å². The topological polar surface area (TPSA) is 26.8 Å². The van der Waals surface area contributed by atoms with Gasteiger partial charge in [-0.25, -0.2) is 0 Å². The fourth-order valence-corrected chi connectivity index (χ4v) is 3.51. The van der Waals surface area contributed by atoms with Crippen molar-refractivity contribution in [2.75, 3.05) is 45.2 Å². The van der Waals surface area contributed by atoms with Crippen LogP contribution in [0.25, 0.3) is 0 Å². The molecule has 1 saturated heterocycles. The molecule has 150 valence electrons. The van der Waals surface area contributed by atoms with E-state index in [2.05, 4.69) is 4.90 Å². The Morgan fingerprint density at radius 3 is 2.18 bits per heavy atom. The molecule has 28 heavy (non-hydrogen) atoms. The first-order valence-corrected chi connectivity index (χ1v) is 9.20. The molecule has 1 fully saturated rings. The van der Waals surface area contributed by atoms with Crippen molar-refractivity contribution in [2.24, 2.45) is 0 Å². The number of rotatable bonds is 4. The summed E-state index contributed by atoms with van der Waals surface area (Å²) in [6.45, 7) is 2.31. The van der Waals surface area contributed by atoms with Gasteiger partial charge in [-0.05, 0) is 23.8 Å². The molecular weight excluding hydrogens is 367 g/mol. The minimum atomic E-state index is -4.35. The van der Waals surface area contributed by atoms with Crippen LogP contribution in [0, 0.1) is 0 Å². The van der Waals surface area contributed by atoms with E-state index in [1.807, 2.05) is 35.2 Å². The van der Waals surface area contributed by atoms with Crippen molar-refractivity contribution >= 4 is 11.6 Å². The van der Waals surface area contributed by atoms with E-state index in [0.29, 0.717) is 31.9 Å². The number of hydrogen-bond acceptors (Lipinski definition) is 3. The lowest BCUT2D eigenvalue weighted by molar-refractivity contribution is -0.137. The summed E-state index contributed by atoms with van der Waals surface area (Å²) in [4.78, 5) is 18.4. The number of benzene rings is 2. The normalized spacial score (nSPS) is 16.7. The van der Waals surface area contributed by atoms with Crippen LogP contribution in [0.1, 0.15) is 17.2 Å². The third kappa shape index (κ3) is 4.47. The van der Waals surface area contributed by atoms with Gasteiger partial charge in [0.1, 0.15) is 6.04 Å². The predicted octanol–water partition coefficient (Wildman–Crippen LogP) is 3.66. The van der Waals surface area contributed by atoms with E-state index in [-0.39, 0.29) is 11.9 Å². The Labute approximate surface area is 163 Å². The molecule has 0 bridgehead atoms. The van der Waals surface area contributed by atoms with Gasteiger partial charge in [0.25, 0.3) is 0 Å². The molecule has 0 radical (unpaired) electrons. The van der Waals surface area contributed by atoms with Gasteiger partial charge in [-0.3, -0.25) is 9.69 Å². The third-order valence-electron chi connectivity index (χ3n) is 5.01. The molecule has 0 saturated carbocycles. The zero-order valence-corrected chi connectivity index (χ0v) is 16.0. The molecule has 1 unspecified atom stereocenters. The molecule has 2 aromatic rings. The Kier molecular flexibility index (Phi) is 5.93. The number of anilines is 1. The van der Waals surface area contributed by atoms with Gasteiger partial charge in [0, 0.05) is 46.0 Å². The third-order valence-corrected chi connectivity index (χ3v) is 5.01. The summed E-state index contributed by atoms with van der Waals surface area (Å²) in [5.41, 5.74) is 0.843.